The number of hydrogen-bond acceptors (Lipinski definition) is 5. The molecule has 0 aromatic heterocycles. The molecule has 0 spiro atoms. The van der Waals surface area contributed by atoms with Gasteiger partial charge in [0.15, 0.2) is 5.79 Å². The highest BCUT2D eigenvalue weighted by Crippen LogP contribution is 2.32. The van der Waals surface area contributed by atoms with E-state index in [2.05, 4.69) is 5.32 Å². The molecule has 2 heterocycles. The van der Waals surface area contributed by atoms with Crippen LogP contribution in [0.4, 0.5) is 0 Å². The Morgan fingerprint density at radius 2 is 1.50 bits per heavy atom. The normalized spacial score (nSPS) is 47.1. The number of hydrogen-bond donors (Lipinski definition) is 3. The Kier molecular flexibility index (Phi) is 2.53. The van der Waals surface area contributed by atoms with E-state index in [4.69, 9.17) is 9.47 Å². The van der Waals surface area contributed by atoms with Gasteiger partial charge in [0.2, 0.25) is 0 Å². The summed E-state index contributed by atoms with van der Waals surface area (Å²) in [5, 5.41) is 22.4. The maximum atomic E-state index is 9.73. The summed E-state index contributed by atoms with van der Waals surface area (Å²) >= 11 is 0. The third kappa shape index (κ3) is 1.78. The quantitative estimate of drug-likeness (QED) is 0.463. The molecule has 2 rings (SSSR count). The zero-order valence-electron chi connectivity index (χ0n) is 8.43. The molecule has 2 aliphatic rings. The minimum absolute atomic E-state index is 0.428. The van der Waals surface area contributed by atoms with Crippen molar-refractivity contribution < 1.29 is 19.7 Å². The van der Waals surface area contributed by atoms with Gasteiger partial charge in [-0.2, -0.15) is 0 Å². The van der Waals surface area contributed by atoms with Crippen LogP contribution in [0.25, 0.3) is 0 Å². The fraction of sp³-hybridized carbons (Fsp3) is 1.00. The Labute approximate surface area is 83.0 Å². The Balaban J connectivity index is 2.16. The minimum atomic E-state index is -0.714. The largest absolute Gasteiger partial charge is 0.389 e. The number of aliphatic hydroxyl groups is 2. The molecule has 14 heavy (non-hydrogen) atoms. The van der Waals surface area contributed by atoms with E-state index in [0.29, 0.717) is 13.1 Å². The van der Waals surface area contributed by atoms with Gasteiger partial charge in [0.05, 0.1) is 12.2 Å². The molecule has 3 N–H and O–H groups in total. The highest BCUT2D eigenvalue weighted by molar-refractivity contribution is 4.94. The molecule has 2 aliphatic heterocycles. The molecule has 5 nitrogen and oxygen atoms in total. The van der Waals surface area contributed by atoms with Gasteiger partial charge in [0.1, 0.15) is 12.2 Å². The predicted octanol–water partition coefficient (Wildman–Crippen LogP) is -1.17. The summed E-state index contributed by atoms with van der Waals surface area (Å²) in [6.45, 7) is 4.43. The second-order valence-corrected chi connectivity index (χ2v) is 4.36. The van der Waals surface area contributed by atoms with Crippen LogP contribution >= 0.6 is 0 Å². The fourth-order valence-electron chi connectivity index (χ4n) is 2.02. The number of fused-ring (bicyclic) bond motifs is 1. The van der Waals surface area contributed by atoms with Crippen molar-refractivity contribution >= 4 is 0 Å². The van der Waals surface area contributed by atoms with E-state index in [1.165, 1.54) is 0 Å². The highest BCUT2D eigenvalue weighted by atomic mass is 16.8. The lowest BCUT2D eigenvalue weighted by molar-refractivity contribution is -0.162. The van der Waals surface area contributed by atoms with Crippen LogP contribution < -0.4 is 5.32 Å². The van der Waals surface area contributed by atoms with Crippen molar-refractivity contribution in [3.63, 3.8) is 0 Å². The summed E-state index contributed by atoms with van der Waals surface area (Å²) in [4.78, 5) is 0. The van der Waals surface area contributed by atoms with E-state index >= 15 is 0 Å². The molecule has 0 aromatic carbocycles. The van der Waals surface area contributed by atoms with Crippen LogP contribution in [-0.2, 0) is 9.47 Å². The Morgan fingerprint density at radius 1 is 1.07 bits per heavy atom. The van der Waals surface area contributed by atoms with E-state index < -0.39 is 30.2 Å². The van der Waals surface area contributed by atoms with Crippen molar-refractivity contribution in [2.75, 3.05) is 13.1 Å². The first-order valence-electron chi connectivity index (χ1n) is 4.92. The molecule has 2 saturated heterocycles. The van der Waals surface area contributed by atoms with Gasteiger partial charge in [-0.15, -0.1) is 0 Å². The van der Waals surface area contributed by atoms with Gasteiger partial charge in [-0.1, -0.05) is 0 Å². The third-order valence-electron chi connectivity index (χ3n) is 2.63. The number of rotatable bonds is 0. The molecule has 0 radical (unpaired) electrons. The zero-order valence-corrected chi connectivity index (χ0v) is 8.43. The van der Waals surface area contributed by atoms with E-state index in [0.717, 1.165) is 0 Å². The lowest BCUT2D eigenvalue weighted by Gasteiger charge is -2.20. The first-order chi connectivity index (χ1) is 6.49. The van der Waals surface area contributed by atoms with Crippen LogP contribution in [-0.4, -0.2) is 53.5 Å². The molecule has 4 atom stereocenters. The van der Waals surface area contributed by atoms with Crippen molar-refractivity contribution in [2.45, 2.75) is 44.1 Å². The first-order valence-corrected chi connectivity index (χ1v) is 4.92. The van der Waals surface area contributed by atoms with Crippen LogP contribution in [0.3, 0.4) is 0 Å². The van der Waals surface area contributed by atoms with Gasteiger partial charge in [-0.3, -0.25) is 0 Å². The van der Waals surface area contributed by atoms with Gasteiger partial charge in [-0.05, 0) is 13.8 Å². The summed E-state index contributed by atoms with van der Waals surface area (Å²) in [6.07, 6.45) is -2.12. The predicted molar refractivity (Wildman–Crippen MR) is 48.7 cm³/mol. The average Bonchev–Trinajstić information content (AvgIpc) is 2.35. The molecule has 82 valence electrons. The van der Waals surface area contributed by atoms with Gasteiger partial charge in [-0.25, -0.2) is 0 Å². The average molecular weight is 203 g/mol. The Bertz CT molecular complexity index is 201. The molecule has 0 unspecified atom stereocenters. The SMILES string of the molecule is CC1(C)O[C@H]2[C@H](O1)[C@@H](O)CNC[C@@H]2O. The van der Waals surface area contributed by atoms with Crippen molar-refractivity contribution in [2.24, 2.45) is 0 Å². The lowest BCUT2D eigenvalue weighted by Crippen LogP contribution is -2.41. The molecule has 2 fully saturated rings. The fourth-order valence-corrected chi connectivity index (χ4v) is 2.02. The van der Waals surface area contributed by atoms with E-state index in [-0.39, 0.29) is 0 Å². The van der Waals surface area contributed by atoms with Crippen molar-refractivity contribution in [1.29, 1.82) is 0 Å². The molecule has 0 bridgehead atoms. The van der Waals surface area contributed by atoms with Gasteiger partial charge in [0, 0.05) is 13.1 Å². The van der Waals surface area contributed by atoms with Crippen LogP contribution in [0.15, 0.2) is 0 Å². The molecule has 0 amide bonds. The summed E-state index contributed by atoms with van der Waals surface area (Å²) < 4.78 is 11.1. The molecular weight excluding hydrogens is 186 g/mol. The van der Waals surface area contributed by atoms with Gasteiger partial charge < -0.3 is 25.0 Å². The molecule has 0 aromatic rings. The Hall–Kier alpha value is -0.200. The summed E-state index contributed by atoms with van der Waals surface area (Å²) in [5.74, 6) is -0.714. The molecule has 5 heteroatoms. The smallest absolute Gasteiger partial charge is 0.164 e. The van der Waals surface area contributed by atoms with E-state index in [9.17, 15) is 10.2 Å². The molecule has 0 saturated carbocycles. The maximum absolute atomic E-state index is 9.73. The second kappa shape index (κ2) is 3.43. The standard InChI is InChI=1S/C9H17NO4/c1-9(2)13-7-5(11)3-10-4-6(12)8(7)14-9/h5-8,10-12H,3-4H2,1-2H3/t5-,6-,7+,8+/m0/s1. The van der Waals surface area contributed by atoms with Crippen molar-refractivity contribution in [1.82, 2.24) is 5.32 Å². The maximum Gasteiger partial charge on any atom is 0.164 e. The number of ether oxygens (including phenoxy) is 2. The Morgan fingerprint density at radius 3 is 1.93 bits per heavy atom. The van der Waals surface area contributed by atoms with Crippen LogP contribution in [0.5, 0.6) is 0 Å². The van der Waals surface area contributed by atoms with Crippen LogP contribution in [0.2, 0.25) is 0 Å². The highest BCUT2D eigenvalue weighted by Gasteiger charge is 2.48. The summed E-state index contributed by atoms with van der Waals surface area (Å²) in [5.41, 5.74) is 0. The monoisotopic (exact) mass is 203 g/mol. The van der Waals surface area contributed by atoms with Gasteiger partial charge in [0.25, 0.3) is 0 Å². The zero-order chi connectivity index (χ0) is 10.3. The van der Waals surface area contributed by atoms with E-state index in [1.807, 2.05) is 0 Å². The lowest BCUT2D eigenvalue weighted by atomic mass is 10.1. The van der Waals surface area contributed by atoms with Crippen LogP contribution in [0.1, 0.15) is 13.8 Å². The molecule has 0 aliphatic carbocycles. The minimum Gasteiger partial charge on any atom is -0.389 e. The van der Waals surface area contributed by atoms with Crippen LogP contribution in [0, 0.1) is 0 Å². The summed E-state index contributed by atoms with van der Waals surface area (Å²) in [6, 6.07) is 0. The second-order valence-electron chi connectivity index (χ2n) is 4.36. The van der Waals surface area contributed by atoms with Crippen molar-refractivity contribution in [3.8, 4) is 0 Å². The third-order valence-corrected chi connectivity index (χ3v) is 2.63. The number of aliphatic hydroxyl groups excluding tert-OH is 2. The van der Waals surface area contributed by atoms with Gasteiger partial charge >= 0.3 is 0 Å². The van der Waals surface area contributed by atoms with Crippen molar-refractivity contribution in [3.05, 3.63) is 0 Å². The van der Waals surface area contributed by atoms with E-state index in [1.54, 1.807) is 13.8 Å². The number of nitrogens with one attached hydrogen (secondary N) is 1. The first kappa shape index (κ1) is 10.3. The summed E-state index contributed by atoms with van der Waals surface area (Å²) in [7, 11) is 0. The number of β-amino-alcohol motifs (C(OH)–C–C–N with tert-alkyl or cyclic N) is 2. The topological polar surface area (TPSA) is 71.0 Å². The molecular formula is C9H17NO4.